The molecule has 192 valence electrons. The largest absolute Gasteiger partial charge is 0.443 e. The van der Waals surface area contributed by atoms with Gasteiger partial charge in [0.25, 0.3) is 5.91 Å². The zero-order valence-electron chi connectivity index (χ0n) is 22.2. The maximum Gasteiger partial charge on any atom is 0.419 e. The molecule has 0 saturated carbocycles. The Balaban J connectivity index is 1.37. The van der Waals surface area contributed by atoms with Gasteiger partial charge in [-0.25, -0.2) is 14.3 Å². The Hall–Kier alpha value is -3.87. The number of H-pyrrole nitrogens is 1. The molecule has 2 aromatic heterocycles. The fraction of sp³-hybridized carbons (Fsp3) is 0.367. The molecule has 37 heavy (non-hydrogen) atoms. The molecule has 0 unspecified atom stereocenters. The molecule has 7 nitrogen and oxygen atoms in total. The molecular formula is C30H34N4O3. The predicted octanol–water partition coefficient (Wildman–Crippen LogP) is 6.45. The second-order valence-electron chi connectivity index (χ2n) is 10.9. The molecule has 0 spiro atoms. The van der Waals surface area contributed by atoms with Crippen LogP contribution in [-0.4, -0.2) is 50.1 Å². The van der Waals surface area contributed by atoms with Gasteiger partial charge in [0.15, 0.2) is 0 Å². The van der Waals surface area contributed by atoms with E-state index >= 15 is 0 Å². The number of ether oxygens (including phenoxy) is 1. The Kier molecular flexibility index (Phi) is 6.40. The minimum Gasteiger partial charge on any atom is -0.443 e. The summed E-state index contributed by atoms with van der Waals surface area (Å²) in [6, 6.07) is 15.6. The fourth-order valence-corrected chi connectivity index (χ4v) is 5.23. The van der Waals surface area contributed by atoms with Crippen molar-refractivity contribution >= 4 is 22.9 Å². The van der Waals surface area contributed by atoms with E-state index in [0.29, 0.717) is 24.6 Å². The molecule has 1 amide bonds. The number of benzene rings is 2. The lowest BCUT2D eigenvalue weighted by molar-refractivity contribution is 0.0541. The molecule has 1 saturated heterocycles. The van der Waals surface area contributed by atoms with E-state index in [1.807, 2.05) is 94.2 Å². The molecule has 1 aliphatic rings. The first-order valence-electron chi connectivity index (χ1n) is 12.9. The zero-order chi connectivity index (χ0) is 26.3. The van der Waals surface area contributed by atoms with Crippen LogP contribution in [0.15, 0.2) is 54.7 Å². The average molecular weight is 499 g/mol. The number of aromatic nitrogens is 3. The fourth-order valence-electron chi connectivity index (χ4n) is 5.23. The number of aromatic amines is 1. The van der Waals surface area contributed by atoms with Gasteiger partial charge in [0.2, 0.25) is 0 Å². The van der Waals surface area contributed by atoms with Gasteiger partial charge in [-0.3, -0.25) is 4.79 Å². The zero-order valence-corrected chi connectivity index (χ0v) is 22.2. The van der Waals surface area contributed by atoms with Crippen LogP contribution in [0, 0.1) is 13.8 Å². The summed E-state index contributed by atoms with van der Waals surface area (Å²) in [6.07, 6.45) is 3.34. The first-order chi connectivity index (χ1) is 17.6. The van der Waals surface area contributed by atoms with E-state index in [1.165, 1.54) is 0 Å². The molecule has 7 heteroatoms. The number of nitrogens with zero attached hydrogens (tertiary/aromatic N) is 3. The quantitative estimate of drug-likeness (QED) is 0.352. The molecule has 1 fully saturated rings. The summed E-state index contributed by atoms with van der Waals surface area (Å²) in [7, 11) is 0. The number of aryl methyl sites for hydroxylation is 1. The van der Waals surface area contributed by atoms with Crippen molar-refractivity contribution in [3.8, 4) is 11.1 Å². The van der Waals surface area contributed by atoms with Crippen LogP contribution in [-0.2, 0) is 4.74 Å². The molecule has 0 radical (unpaired) electrons. The smallest absolute Gasteiger partial charge is 0.419 e. The first kappa shape index (κ1) is 24.8. The minimum atomic E-state index is -0.595. The van der Waals surface area contributed by atoms with Crippen LogP contribution in [0.2, 0.25) is 0 Å². The molecule has 0 aliphatic carbocycles. The van der Waals surface area contributed by atoms with Crippen molar-refractivity contribution in [1.29, 1.82) is 0 Å². The number of hydrogen-bond acceptors (Lipinski definition) is 4. The minimum absolute atomic E-state index is 0.0496. The highest BCUT2D eigenvalue weighted by atomic mass is 16.6. The maximum atomic E-state index is 13.2. The predicted molar refractivity (Wildman–Crippen MR) is 145 cm³/mol. The first-order valence-corrected chi connectivity index (χ1v) is 12.9. The third kappa shape index (κ3) is 4.90. The van der Waals surface area contributed by atoms with Gasteiger partial charge in [-0.05, 0) is 71.2 Å². The van der Waals surface area contributed by atoms with Crippen LogP contribution < -0.4 is 0 Å². The van der Waals surface area contributed by atoms with Gasteiger partial charge in [0.1, 0.15) is 11.4 Å². The standard InChI is InChI=1S/C30H34N4O3/c1-19-18-31-27(32-19)22-14-16-33(17-15-22)28(35)23-12-10-21(11-13-23)26-20(2)34(29(36)37-30(3,4)5)25-9-7-6-8-24(25)26/h6-13,18,22H,14-17H2,1-5H3,(H,31,32). The average Bonchev–Trinajstić information content (AvgIpc) is 3.43. The Morgan fingerprint density at radius 1 is 1.00 bits per heavy atom. The van der Waals surface area contributed by atoms with E-state index in [1.54, 1.807) is 4.57 Å². The SMILES string of the molecule is Cc1c[nH]c(C2CCN(C(=O)c3ccc(-c4c(C)n(C(=O)OC(C)(C)C)c5ccccc45)cc3)CC2)n1. The van der Waals surface area contributed by atoms with E-state index in [2.05, 4.69) is 9.97 Å². The van der Waals surface area contributed by atoms with Gasteiger partial charge >= 0.3 is 6.09 Å². The van der Waals surface area contributed by atoms with Crippen LogP contribution >= 0.6 is 0 Å². The van der Waals surface area contributed by atoms with E-state index in [4.69, 9.17) is 4.74 Å². The normalized spacial score (nSPS) is 14.8. The van der Waals surface area contributed by atoms with Crippen molar-refractivity contribution in [2.75, 3.05) is 13.1 Å². The molecular weight excluding hydrogens is 464 g/mol. The Morgan fingerprint density at radius 2 is 1.68 bits per heavy atom. The number of carbonyl (C=O) groups is 2. The second kappa shape index (κ2) is 9.54. The highest BCUT2D eigenvalue weighted by Gasteiger charge is 2.27. The molecule has 1 aliphatic heterocycles. The third-order valence-corrected chi connectivity index (χ3v) is 7.00. The monoisotopic (exact) mass is 498 g/mol. The Bertz CT molecular complexity index is 1450. The van der Waals surface area contributed by atoms with Crippen LogP contribution in [0.3, 0.4) is 0 Å². The molecule has 5 rings (SSSR count). The van der Waals surface area contributed by atoms with E-state index in [0.717, 1.165) is 52.1 Å². The topological polar surface area (TPSA) is 80.2 Å². The number of hydrogen-bond donors (Lipinski definition) is 1. The number of para-hydroxylation sites is 1. The Labute approximate surface area is 217 Å². The van der Waals surface area contributed by atoms with Crippen LogP contribution in [0.5, 0.6) is 0 Å². The van der Waals surface area contributed by atoms with Crippen molar-refractivity contribution in [2.24, 2.45) is 0 Å². The van der Waals surface area contributed by atoms with Gasteiger partial charge in [-0.2, -0.15) is 0 Å². The molecule has 0 atom stereocenters. The summed E-state index contributed by atoms with van der Waals surface area (Å²) in [6.45, 7) is 10.9. The van der Waals surface area contributed by atoms with Crippen LogP contribution in [0.25, 0.3) is 22.0 Å². The molecule has 1 N–H and O–H groups in total. The number of imidazole rings is 1. The van der Waals surface area contributed by atoms with Gasteiger partial charge in [-0.1, -0.05) is 30.3 Å². The summed E-state index contributed by atoms with van der Waals surface area (Å²) >= 11 is 0. The lowest BCUT2D eigenvalue weighted by atomic mass is 9.95. The van der Waals surface area contributed by atoms with Crippen molar-refractivity contribution < 1.29 is 14.3 Å². The lowest BCUT2D eigenvalue weighted by Crippen LogP contribution is -2.38. The summed E-state index contributed by atoms with van der Waals surface area (Å²) < 4.78 is 7.32. The third-order valence-electron chi connectivity index (χ3n) is 7.00. The summed E-state index contributed by atoms with van der Waals surface area (Å²) in [4.78, 5) is 36.1. The molecule has 0 bridgehead atoms. The molecule has 4 aromatic rings. The number of likely N-dealkylation sites (tertiary alicyclic amines) is 1. The second-order valence-corrected chi connectivity index (χ2v) is 10.9. The maximum absolute atomic E-state index is 13.2. The van der Waals surface area contributed by atoms with E-state index in [-0.39, 0.29) is 5.91 Å². The lowest BCUT2D eigenvalue weighted by Gasteiger charge is -2.31. The summed E-state index contributed by atoms with van der Waals surface area (Å²) in [5.41, 5.74) is 4.61. The van der Waals surface area contributed by atoms with Gasteiger partial charge in [0.05, 0.1) is 11.2 Å². The van der Waals surface area contributed by atoms with Crippen molar-refractivity contribution in [3.63, 3.8) is 0 Å². The van der Waals surface area contributed by atoms with Crippen LogP contribution in [0.4, 0.5) is 4.79 Å². The molecule has 3 heterocycles. The molecule has 2 aromatic carbocycles. The van der Waals surface area contributed by atoms with Gasteiger partial charge in [-0.15, -0.1) is 0 Å². The van der Waals surface area contributed by atoms with E-state index in [9.17, 15) is 9.59 Å². The van der Waals surface area contributed by atoms with Gasteiger partial charge in [0, 0.05) is 47.4 Å². The van der Waals surface area contributed by atoms with Crippen molar-refractivity contribution in [2.45, 2.75) is 59.0 Å². The number of nitrogens with one attached hydrogen (secondary N) is 1. The highest BCUT2D eigenvalue weighted by molar-refractivity contribution is 6.03. The number of fused-ring (bicyclic) bond motifs is 1. The number of rotatable bonds is 3. The number of amides is 1. The highest BCUT2D eigenvalue weighted by Crippen LogP contribution is 2.35. The van der Waals surface area contributed by atoms with Crippen molar-refractivity contribution in [1.82, 2.24) is 19.4 Å². The van der Waals surface area contributed by atoms with E-state index < -0.39 is 11.7 Å². The number of carbonyl (C=O) groups excluding carboxylic acids is 2. The van der Waals surface area contributed by atoms with Crippen molar-refractivity contribution in [3.05, 3.63) is 77.5 Å². The summed E-state index contributed by atoms with van der Waals surface area (Å²) in [5, 5.41) is 0.972. The van der Waals surface area contributed by atoms with Gasteiger partial charge < -0.3 is 14.6 Å². The summed E-state index contributed by atoms with van der Waals surface area (Å²) in [5.74, 6) is 1.44. The Morgan fingerprint density at radius 3 is 2.30 bits per heavy atom. The van der Waals surface area contributed by atoms with Crippen LogP contribution in [0.1, 0.15) is 67.1 Å². The number of piperidine rings is 1.